The third-order valence-electron chi connectivity index (χ3n) is 2.17. The van der Waals surface area contributed by atoms with Gasteiger partial charge in [0, 0.05) is 6.04 Å². The van der Waals surface area contributed by atoms with Gasteiger partial charge in [0.15, 0.2) is 0 Å². The highest BCUT2D eigenvalue weighted by molar-refractivity contribution is 5.29. The van der Waals surface area contributed by atoms with Crippen molar-refractivity contribution >= 4 is 0 Å². The second-order valence-electron chi connectivity index (χ2n) is 4.80. The molecule has 0 aliphatic carbocycles. The van der Waals surface area contributed by atoms with Crippen molar-refractivity contribution < 1.29 is 4.74 Å². The van der Waals surface area contributed by atoms with Gasteiger partial charge in [0.2, 0.25) is 0 Å². The van der Waals surface area contributed by atoms with Gasteiger partial charge in [-0.25, -0.2) is 0 Å². The summed E-state index contributed by atoms with van der Waals surface area (Å²) < 4.78 is 5.73. The predicted molar refractivity (Wildman–Crippen MR) is 64.0 cm³/mol. The Morgan fingerprint density at radius 2 is 1.73 bits per heavy atom. The first-order chi connectivity index (χ1) is 6.92. The van der Waals surface area contributed by atoms with Crippen molar-refractivity contribution in [2.75, 3.05) is 0 Å². The molecule has 0 bridgehead atoms. The summed E-state index contributed by atoms with van der Waals surface area (Å²) in [6.07, 6.45) is 0.958. The van der Waals surface area contributed by atoms with Crippen LogP contribution < -0.4 is 10.5 Å². The van der Waals surface area contributed by atoms with Gasteiger partial charge in [0.25, 0.3) is 0 Å². The molecule has 0 radical (unpaired) electrons. The van der Waals surface area contributed by atoms with E-state index in [9.17, 15) is 0 Å². The molecule has 2 heteroatoms. The van der Waals surface area contributed by atoms with E-state index < -0.39 is 0 Å². The van der Waals surface area contributed by atoms with Gasteiger partial charge in [-0.05, 0) is 44.9 Å². The van der Waals surface area contributed by atoms with Gasteiger partial charge < -0.3 is 10.5 Å². The van der Waals surface area contributed by atoms with E-state index in [1.165, 1.54) is 5.56 Å². The minimum atomic E-state index is -0.144. The molecule has 84 valence electrons. The quantitative estimate of drug-likeness (QED) is 0.825. The van der Waals surface area contributed by atoms with E-state index in [1.807, 2.05) is 45.0 Å². The fourth-order valence-corrected chi connectivity index (χ4v) is 1.37. The van der Waals surface area contributed by atoms with Crippen molar-refractivity contribution in [1.82, 2.24) is 0 Å². The lowest BCUT2D eigenvalue weighted by molar-refractivity contribution is 0.131. The van der Waals surface area contributed by atoms with Crippen LogP contribution in [0.2, 0.25) is 0 Å². The zero-order valence-electron chi connectivity index (χ0n) is 10.1. The SMILES string of the molecule is CC[C@H](N)c1ccc(OC(C)(C)C)cc1. The minimum Gasteiger partial charge on any atom is -0.488 e. The van der Waals surface area contributed by atoms with E-state index in [0.29, 0.717) is 0 Å². The molecular formula is C13H21NO. The fourth-order valence-electron chi connectivity index (χ4n) is 1.37. The van der Waals surface area contributed by atoms with Crippen molar-refractivity contribution in [3.05, 3.63) is 29.8 Å². The first-order valence-corrected chi connectivity index (χ1v) is 5.47. The molecule has 0 amide bonds. The van der Waals surface area contributed by atoms with E-state index in [2.05, 4.69) is 6.92 Å². The summed E-state index contributed by atoms with van der Waals surface area (Å²) in [4.78, 5) is 0. The van der Waals surface area contributed by atoms with Crippen molar-refractivity contribution in [3.63, 3.8) is 0 Å². The van der Waals surface area contributed by atoms with Gasteiger partial charge in [0.1, 0.15) is 11.4 Å². The smallest absolute Gasteiger partial charge is 0.120 e. The Morgan fingerprint density at radius 3 is 2.13 bits per heavy atom. The summed E-state index contributed by atoms with van der Waals surface area (Å²) >= 11 is 0. The second-order valence-corrected chi connectivity index (χ2v) is 4.80. The Kier molecular flexibility index (Phi) is 3.75. The van der Waals surface area contributed by atoms with Crippen molar-refractivity contribution in [2.45, 2.75) is 45.8 Å². The molecule has 0 saturated heterocycles. The van der Waals surface area contributed by atoms with E-state index >= 15 is 0 Å². The molecule has 1 aromatic rings. The third kappa shape index (κ3) is 3.92. The van der Waals surface area contributed by atoms with E-state index in [4.69, 9.17) is 10.5 Å². The molecule has 0 aliphatic rings. The Labute approximate surface area is 92.4 Å². The number of hydrogen-bond acceptors (Lipinski definition) is 2. The van der Waals surface area contributed by atoms with Crippen LogP contribution in [-0.2, 0) is 0 Å². The van der Waals surface area contributed by atoms with Crippen molar-refractivity contribution in [3.8, 4) is 5.75 Å². The van der Waals surface area contributed by atoms with Gasteiger partial charge in [-0.3, -0.25) is 0 Å². The summed E-state index contributed by atoms with van der Waals surface area (Å²) in [5.74, 6) is 0.898. The van der Waals surface area contributed by atoms with E-state index in [-0.39, 0.29) is 11.6 Å². The lowest BCUT2D eigenvalue weighted by Crippen LogP contribution is -2.22. The highest BCUT2D eigenvalue weighted by Crippen LogP contribution is 2.21. The van der Waals surface area contributed by atoms with Crippen molar-refractivity contribution in [2.24, 2.45) is 5.73 Å². The summed E-state index contributed by atoms with van der Waals surface area (Å²) in [5, 5.41) is 0. The molecular weight excluding hydrogens is 186 g/mol. The molecule has 2 N–H and O–H groups in total. The van der Waals surface area contributed by atoms with Crippen LogP contribution >= 0.6 is 0 Å². The van der Waals surface area contributed by atoms with Crippen LogP contribution in [0.15, 0.2) is 24.3 Å². The van der Waals surface area contributed by atoms with E-state index in [1.54, 1.807) is 0 Å². The van der Waals surface area contributed by atoms with Gasteiger partial charge in [-0.2, -0.15) is 0 Å². The molecule has 0 heterocycles. The van der Waals surface area contributed by atoms with Gasteiger partial charge in [0.05, 0.1) is 0 Å². The van der Waals surface area contributed by atoms with Crippen LogP contribution in [0.4, 0.5) is 0 Å². The number of rotatable bonds is 3. The zero-order chi connectivity index (χ0) is 11.5. The standard InChI is InChI=1S/C13H21NO/c1-5-12(14)10-6-8-11(9-7-10)15-13(2,3)4/h6-9,12H,5,14H2,1-4H3/t12-/m0/s1. The monoisotopic (exact) mass is 207 g/mol. The van der Waals surface area contributed by atoms with Gasteiger partial charge in [-0.15, -0.1) is 0 Å². The fraction of sp³-hybridized carbons (Fsp3) is 0.538. The number of hydrogen-bond donors (Lipinski definition) is 1. The van der Waals surface area contributed by atoms with Crippen LogP contribution in [-0.4, -0.2) is 5.60 Å². The number of nitrogens with two attached hydrogens (primary N) is 1. The lowest BCUT2D eigenvalue weighted by atomic mass is 10.1. The van der Waals surface area contributed by atoms with Crippen LogP contribution in [0.5, 0.6) is 5.75 Å². The van der Waals surface area contributed by atoms with E-state index in [0.717, 1.165) is 12.2 Å². The molecule has 0 aliphatic heterocycles. The van der Waals surface area contributed by atoms with Crippen LogP contribution in [0.25, 0.3) is 0 Å². The second kappa shape index (κ2) is 4.67. The first-order valence-electron chi connectivity index (χ1n) is 5.47. The molecule has 0 fully saturated rings. The first kappa shape index (κ1) is 12.1. The lowest BCUT2D eigenvalue weighted by Gasteiger charge is -2.21. The highest BCUT2D eigenvalue weighted by Gasteiger charge is 2.11. The molecule has 0 spiro atoms. The summed E-state index contributed by atoms with van der Waals surface area (Å²) in [5.41, 5.74) is 6.95. The Hall–Kier alpha value is -1.02. The maximum Gasteiger partial charge on any atom is 0.120 e. The summed E-state index contributed by atoms with van der Waals surface area (Å²) in [6.45, 7) is 8.21. The molecule has 15 heavy (non-hydrogen) atoms. The molecule has 0 unspecified atom stereocenters. The van der Waals surface area contributed by atoms with Crippen molar-refractivity contribution in [1.29, 1.82) is 0 Å². The predicted octanol–water partition coefficient (Wildman–Crippen LogP) is 3.27. The molecule has 1 rings (SSSR count). The Balaban J connectivity index is 2.72. The molecule has 1 aromatic carbocycles. The van der Waals surface area contributed by atoms with Gasteiger partial charge >= 0.3 is 0 Å². The Morgan fingerprint density at radius 1 is 1.20 bits per heavy atom. The maximum atomic E-state index is 5.93. The highest BCUT2D eigenvalue weighted by atomic mass is 16.5. The van der Waals surface area contributed by atoms with Crippen LogP contribution in [0, 0.1) is 0 Å². The third-order valence-corrected chi connectivity index (χ3v) is 2.17. The maximum absolute atomic E-state index is 5.93. The largest absolute Gasteiger partial charge is 0.488 e. The minimum absolute atomic E-state index is 0.133. The molecule has 2 nitrogen and oxygen atoms in total. The molecule has 0 saturated carbocycles. The summed E-state index contributed by atoms with van der Waals surface area (Å²) in [6, 6.07) is 8.17. The zero-order valence-corrected chi connectivity index (χ0v) is 10.1. The summed E-state index contributed by atoms with van der Waals surface area (Å²) in [7, 11) is 0. The molecule has 1 atom stereocenters. The van der Waals surface area contributed by atoms with Crippen LogP contribution in [0.1, 0.15) is 45.7 Å². The molecule has 0 aromatic heterocycles. The normalized spacial score (nSPS) is 13.7. The van der Waals surface area contributed by atoms with Crippen LogP contribution in [0.3, 0.4) is 0 Å². The topological polar surface area (TPSA) is 35.2 Å². The average molecular weight is 207 g/mol. The van der Waals surface area contributed by atoms with Gasteiger partial charge in [-0.1, -0.05) is 19.1 Å². The number of benzene rings is 1. The number of ether oxygens (including phenoxy) is 1. The average Bonchev–Trinajstić information content (AvgIpc) is 2.15. The Bertz CT molecular complexity index is 297.